The maximum absolute atomic E-state index is 12.3. The molecule has 1 amide bonds. The molecule has 0 bridgehead atoms. The number of carbonyl (C=O) groups excluding carboxylic acids is 1. The molecule has 2 aromatic heterocycles. The average molecular weight is 351 g/mol. The molecule has 0 saturated heterocycles. The zero-order valence-electron chi connectivity index (χ0n) is 9.89. The maximum atomic E-state index is 12.3. The van der Waals surface area contributed by atoms with Gasteiger partial charge in [-0.1, -0.05) is 15.9 Å². The van der Waals surface area contributed by atoms with Gasteiger partial charge in [-0.2, -0.15) is 4.68 Å². The summed E-state index contributed by atoms with van der Waals surface area (Å²) in [4.78, 5) is 16.4. The number of tetrazole rings is 1. The number of halogens is 1. The SMILES string of the molecule is O=C(Nc1nccs1)c1cc(Br)ccc1-n1cnnn1. The maximum Gasteiger partial charge on any atom is 0.259 e. The average Bonchev–Trinajstić information content (AvgIpc) is 3.11. The van der Waals surface area contributed by atoms with Crippen molar-refractivity contribution in [1.82, 2.24) is 25.2 Å². The minimum Gasteiger partial charge on any atom is -0.298 e. The zero-order valence-corrected chi connectivity index (χ0v) is 12.3. The number of anilines is 1. The van der Waals surface area contributed by atoms with Gasteiger partial charge in [-0.05, 0) is 28.6 Å². The highest BCUT2D eigenvalue weighted by molar-refractivity contribution is 9.10. The van der Waals surface area contributed by atoms with Gasteiger partial charge in [-0.15, -0.1) is 16.4 Å². The molecule has 7 nitrogen and oxygen atoms in total. The molecule has 0 fully saturated rings. The van der Waals surface area contributed by atoms with Gasteiger partial charge in [0.1, 0.15) is 6.33 Å². The second-order valence-corrected chi connectivity index (χ2v) is 5.52. The van der Waals surface area contributed by atoms with Crippen LogP contribution in [0.3, 0.4) is 0 Å². The lowest BCUT2D eigenvalue weighted by atomic mass is 10.1. The van der Waals surface area contributed by atoms with Crippen LogP contribution in [0.5, 0.6) is 0 Å². The fraction of sp³-hybridized carbons (Fsp3) is 0. The highest BCUT2D eigenvalue weighted by atomic mass is 79.9. The largest absolute Gasteiger partial charge is 0.298 e. The second-order valence-electron chi connectivity index (χ2n) is 3.71. The molecule has 9 heteroatoms. The smallest absolute Gasteiger partial charge is 0.259 e. The monoisotopic (exact) mass is 350 g/mol. The first-order valence-corrected chi connectivity index (χ1v) is 7.15. The van der Waals surface area contributed by atoms with Crippen LogP contribution in [0.15, 0.2) is 40.6 Å². The number of benzene rings is 1. The van der Waals surface area contributed by atoms with Gasteiger partial charge in [0.05, 0.1) is 11.3 Å². The van der Waals surface area contributed by atoms with Gasteiger partial charge in [0.15, 0.2) is 5.13 Å². The van der Waals surface area contributed by atoms with Crippen molar-refractivity contribution in [3.8, 4) is 5.69 Å². The van der Waals surface area contributed by atoms with Crippen LogP contribution < -0.4 is 5.32 Å². The molecule has 100 valence electrons. The summed E-state index contributed by atoms with van der Waals surface area (Å²) in [5.74, 6) is -0.272. The first kappa shape index (κ1) is 12.9. The highest BCUT2D eigenvalue weighted by Crippen LogP contribution is 2.21. The molecular weight excluding hydrogens is 344 g/mol. The summed E-state index contributed by atoms with van der Waals surface area (Å²) in [5, 5.41) is 16.0. The molecule has 0 spiro atoms. The van der Waals surface area contributed by atoms with Crippen molar-refractivity contribution in [1.29, 1.82) is 0 Å². The summed E-state index contributed by atoms with van der Waals surface area (Å²) in [6.07, 6.45) is 3.06. The third-order valence-electron chi connectivity index (χ3n) is 2.45. The van der Waals surface area contributed by atoms with Crippen molar-refractivity contribution in [3.63, 3.8) is 0 Å². The molecule has 0 unspecified atom stereocenters. The number of thiazole rings is 1. The summed E-state index contributed by atoms with van der Waals surface area (Å²) in [5.41, 5.74) is 1.04. The van der Waals surface area contributed by atoms with Gasteiger partial charge in [0, 0.05) is 16.0 Å². The Labute approximate surface area is 125 Å². The summed E-state index contributed by atoms with van der Waals surface area (Å²) in [7, 11) is 0. The molecule has 3 aromatic rings. The van der Waals surface area contributed by atoms with E-state index < -0.39 is 0 Å². The molecule has 0 aliphatic rings. The van der Waals surface area contributed by atoms with Crippen molar-refractivity contribution in [3.05, 3.63) is 46.1 Å². The number of nitrogens with one attached hydrogen (secondary N) is 1. The van der Waals surface area contributed by atoms with Crippen LogP contribution in [0, 0.1) is 0 Å². The molecule has 1 aromatic carbocycles. The van der Waals surface area contributed by atoms with Crippen molar-refractivity contribution in [2.24, 2.45) is 0 Å². The van der Waals surface area contributed by atoms with Gasteiger partial charge in [-0.25, -0.2) is 4.98 Å². The molecule has 0 aliphatic heterocycles. The van der Waals surface area contributed by atoms with Gasteiger partial charge < -0.3 is 0 Å². The predicted octanol–water partition coefficient (Wildman–Crippen LogP) is 2.13. The Balaban J connectivity index is 1.99. The summed E-state index contributed by atoms with van der Waals surface area (Å²) in [6, 6.07) is 5.29. The minimum absolute atomic E-state index is 0.272. The first-order chi connectivity index (χ1) is 9.74. The number of aromatic nitrogens is 5. The summed E-state index contributed by atoms with van der Waals surface area (Å²) in [6.45, 7) is 0. The molecule has 1 N–H and O–H groups in total. The number of hydrogen-bond donors (Lipinski definition) is 1. The van der Waals surface area contributed by atoms with E-state index in [1.165, 1.54) is 22.3 Å². The molecule has 20 heavy (non-hydrogen) atoms. The van der Waals surface area contributed by atoms with Crippen LogP contribution in [-0.4, -0.2) is 31.1 Å². The quantitative estimate of drug-likeness (QED) is 0.781. The van der Waals surface area contributed by atoms with Crippen LogP contribution in [0.1, 0.15) is 10.4 Å². The molecular formula is C11H7BrN6OS. The van der Waals surface area contributed by atoms with E-state index in [2.05, 4.69) is 41.8 Å². The fourth-order valence-electron chi connectivity index (χ4n) is 1.61. The number of hydrogen-bond acceptors (Lipinski definition) is 6. The van der Waals surface area contributed by atoms with E-state index in [1.54, 1.807) is 23.7 Å². The number of nitrogens with zero attached hydrogens (tertiary/aromatic N) is 5. The van der Waals surface area contributed by atoms with Gasteiger partial charge in [-0.3, -0.25) is 10.1 Å². The Morgan fingerprint density at radius 3 is 3.00 bits per heavy atom. The molecule has 3 rings (SSSR count). The standard InChI is InChI=1S/C11H7BrN6OS/c12-7-1-2-9(18-6-14-16-17-18)8(5-7)10(19)15-11-13-3-4-20-11/h1-6H,(H,13,15,19). The van der Waals surface area contributed by atoms with Crippen LogP contribution in [0.25, 0.3) is 5.69 Å². The number of rotatable bonds is 3. The lowest BCUT2D eigenvalue weighted by Gasteiger charge is -2.08. The summed E-state index contributed by atoms with van der Waals surface area (Å²) >= 11 is 4.70. The summed E-state index contributed by atoms with van der Waals surface area (Å²) < 4.78 is 2.22. The van der Waals surface area contributed by atoms with Gasteiger partial charge in [0.2, 0.25) is 0 Å². The third-order valence-corrected chi connectivity index (χ3v) is 3.63. The predicted molar refractivity (Wildman–Crippen MR) is 76.9 cm³/mol. The van der Waals surface area contributed by atoms with Crippen LogP contribution in [-0.2, 0) is 0 Å². The molecule has 0 atom stereocenters. The second kappa shape index (κ2) is 5.47. The molecule has 0 aliphatic carbocycles. The Hall–Kier alpha value is -2.13. The van der Waals surface area contributed by atoms with Crippen LogP contribution in [0.4, 0.5) is 5.13 Å². The Morgan fingerprint density at radius 1 is 1.40 bits per heavy atom. The Bertz CT molecular complexity index is 727. The molecule has 0 radical (unpaired) electrons. The van der Waals surface area contributed by atoms with E-state index in [0.29, 0.717) is 16.4 Å². The topological polar surface area (TPSA) is 85.6 Å². The first-order valence-electron chi connectivity index (χ1n) is 5.48. The van der Waals surface area contributed by atoms with Gasteiger partial charge >= 0.3 is 0 Å². The van der Waals surface area contributed by atoms with Crippen molar-refractivity contribution in [2.45, 2.75) is 0 Å². The third kappa shape index (κ3) is 2.58. The fourth-order valence-corrected chi connectivity index (χ4v) is 2.50. The van der Waals surface area contributed by atoms with Gasteiger partial charge in [0.25, 0.3) is 5.91 Å². The Morgan fingerprint density at radius 2 is 2.30 bits per heavy atom. The minimum atomic E-state index is -0.272. The number of amides is 1. The van der Waals surface area contributed by atoms with Crippen LogP contribution in [0.2, 0.25) is 0 Å². The van der Waals surface area contributed by atoms with E-state index >= 15 is 0 Å². The highest BCUT2D eigenvalue weighted by Gasteiger charge is 2.15. The van der Waals surface area contributed by atoms with Crippen molar-refractivity contribution >= 4 is 38.3 Å². The molecule has 2 heterocycles. The zero-order chi connectivity index (χ0) is 13.9. The van der Waals surface area contributed by atoms with Crippen LogP contribution >= 0.6 is 27.3 Å². The van der Waals surface area contributed by atoms with E-state index in [1.807, 2.05) is 6.07 Å². The van der Waals surface area contributed by atoms with E-state index in [9.17, 15) is 4.79 Å². The van der Waals surface area contributed by atoms with Crippen molar-refractivity contribution in [2.75, 3.05) is 5.32 Å². The normalized spacial score (nSPS) is 10.4. The van der Waals surface area contributed by atoms with E-state index in [0.717, 1.165) is 4.47 Å². The number of carbonyl (C=O) groups is 1. The van der Waals surface area contributed by atoms with E-state index in [-0.39, 0.29) is 5.91 Å². The van der Waals surface area contributed by atoms with Crippen molar-refractivity contribution < 1.29 is 4.79 Å². The lowest BCUT2D eigenvalue weighted by Crippen LogP contribution is -2.15. The van der Waals surface area contributed by atoms with E-state index in [4.69, 9.17) is 0 Å². The molecule has 0 saturated carbocycles. The Kier molecular flexibility index (Phi) is 3.52. The lowest BCUT2D eigenvalue weighted by molar-refractivity contribution is 0.102.